The fraction of sp³-hybridized carbons (Fsp3) is 0.273. The number of likely N-dealkylation sites (N-methyl/N-ethyl adjacent to an activating group) is 1. The second kappa shape index (κ2) is 3.05. The van der Waals surface area contributed by atoms with Crippen molar-refractivity contribution >= 4 is 12.2 Å². The van der Waals surface area contributed by atoms with Crippen molar-refractivity contribution in [2.24, 2.45) is 9.98 Å². The van der Waals surface area contributed by atoms with Crippen LogP contribution in [0.1, 0.15) is 6.42 Å². The summed E-state index contributed by atoms with van der Waals surface area (Å²) in [4.78, 5) is 10.8. The number of allylic oxidation sites excluding steroid dienone is 3. The number of nitrogens with zero attached hydrogens (tertiary/aromatic N) is 3. The van der Waals surface area contributed by atoms with Gasteiger partial charge in [-0.15, -0.1) is 0 Å². The van der Waals surface area contributed by atoms with Crippen molar-refractivity contribution in [3.8, 4) is 0 Å². The zero-order chi connectivity index (χ0) is 11.2. The maximum Gasteiger partial charge on any atom is 0.225 e. The fourth-order valence-electron chi connectivity index (χ4n) is 2.28. The molecule has 0 amide bonds. The summed E-state index contributed by atoms with van der Waals surface area (Å²) in [6.45, 7) is 0. The highest BCUT2D eigenvalue weighted by Crippen LogP contribution is 2.42. The van der Waals surface area contributed by atoms with Crippen LogP contribution in [0.3, 0.4) is 0 Å². The second-order valence-electron chi connectivity index (χ2n) is 3.90. The van der Waals surface area contributed by atoms with Crippen LogP contribution in [0.4, 0.5) is 0 Å². The molecule has 1 atom stereocenters. The van der Waals surface area contributed by atoms with Gasteiger partial charge in [-0.1, -0.05) is 18.2 Å². The van der Waals surface area contributed by atoms with Gasteiger partial charge in [-0.25, -0.2) is 10.5 Å². The Morgan fingerprint density at radius 2 is 2.44 bits per heavy atom. The molecule has 0 aromatic heterocycles. The van der Waals surface area contributed by atoms with Crippen LogP contribution in [-0.2, 0) is 0 Å². The van der Waals surface area contributed by atoms with E-state index in [9.17, 15) is 0 Å². The Morgan fingerprint density at radius 3 is 3.25 bits per heavy atom. The molecule has 0 bridgehead atoms. The minimum Gasteiger partial charge on any atom is -0.313 e. The third-order valence-electron chi connectivity index (χ3n) is 3.06. The number of hydroxylamine groups is 1. The summed E-state index contributed by atoms with van der Waals surface area (Å²) < 4.78 is 0. The van der Waals surface area contributed by atoms with Gasteiger partial charge < -0.3 is 4.90 Å². The quantitative estimate of drug-likeness (QED) is 0.589. The highest BCUT2D eigenvalue weighted by atomic mass is 16.5. The molecule has 0 saturated heterocycles. The van der Waals surface area contributed by atoms with Crippen molar-refractivity contribution in [2.75, 3.05) is 7.05 Å². The lowest BCUT2D eigenvalue weighted by Crippen LogP contribution is -2.36. The summed E-state index contributed by atoms with van der Waals surface area (Å²) in [7, 11) is 1.85. The Morgan fingerprint density at radius 1 is 1.56 bits per heavy atom. The first-order valence-corrected chi connectivity index (χ1v) is 5.15. The third-order valence-corrected chi connectivity index (χ3v) is 3.06. The minimum absolute atomic E-state index is 0.417. The van der Waals surface area contributed by atoms with E-state index in [1.165, 1.54) is 0 Å². The van der Waals surface area contributed by atoms with Gasteiger partial charge in [0.25, 0.3) is 0 Å². The topological polar surface area (TPSA) is 60.2 Å². The monoisotopic (exact) mass is 216 g/mol. The molecule has 82 valence electrons. The van der Waals surface area contributed by atoms with Crippen LogP contribution in [0.2, 0.25) is 0 Å². The van der Waals surface area contributed by atoms with Crippen molar-refractivity contribution in [1.82, 2.24) is 10.4 Å². The first kappa shape index (κ1) is 9.35. The number of dihydropyridines is 1. The molecule has 2 heterocycles. The van der Waals surface area contributed by atoms with E-state index in [-0.39, 0.29) is 0 Å². The summed E-state index contributed by atoms with van der Waals surface area (Å²) in [5.41, 5.74) is 3.44. The molecular formula is C11H12N4O. The zero-order valence-corrected chi connectivity index (χ0v) is 8.88. The number of rotatable bonds is 0. The fourth-order valence-corrected chi connectivity index (χ4v) is 2.28. The van der Waals surface area contributed by atoms with Gasteiger partial charge in [0.05, 0.1) is 5.70 Å². The van der Waals surface area contributed by atoms with Gasteiger partial charge >= 0.3 is 0 Å². The van der Waals surface area contributed by atoms with Crippen molar-refractivity contribution < 1.29 is 5.21 Å². The van der Waals surface area contributed by atoms with Crippen LogP contribution in [0.15, 0.2) is 45.6 Å². The lowest BCUT2D eigenvalue weighted by atomic mass is 9.90. The van der Waals surface area contributed by atoms with Gasteiger partial charge in [0.2, 0.25) is 11.6 Å². The Balaban J connectivity index is 2.19. The first-order chi connectivity index (χ1) is 7.78. The largest absolute Gasteiger partial charge is 0.313 e. The molecule has 0 aromatic rings. The summed E-state index contributed by atoms with van der Waals surface area (Å²) in [5, 5.41) is 9.03. The number of aliphatic imine (C=N–C) groups is 2. The van der Waals surface area contributed by atoms with E-state index in [1.807, 2.05) is 31.5 Å². The molecule has 16 heavy (non-hydrogen) atoms. The molecule has 5 nitrogen and oxygen atoms in total. The normalized spacial score (nSPS) is 30.4. The van der Waals surface area contributed by atoms with Gasteiger partial charge in [0.1, 0.15) is 0 Å². The molecule has 3 rings (SSSR count). The Bertz CT molecular complexity index is 486. The van der Waals surface area contributed by atoms with E-state index in [0.717, 1.165) is 17.7 Å². The van der Waals surface area contributed by atoms with Crippen LogP contribution in [0.5, 0.6) is 0 Å². The summed E-state index contributed by atoms with van der Waals surface area (Å²) in [5.74, 6) is 0.417. The average molecular weight is 216 g/mol. The molecule has 0 radical (unpaired) electrons. The highest BCUT2D eigenvalue weighted by Gasteiger charge is 2.46. The van der Waals surface area contributed by atoms with E-state index < -0.39 is 5.66 Å². The zero-order valence-electron chi connectivity index (χ0n) is 8.88. The van der Waals surface area contributed by atoms with E-state index in [1.54, 1.807) is 4.90 Å². The van der Waals surface area contributed by atoms with E-state index >= 15 is 0 Å². The van der Waals surface area contributed by atoms with Crippen molar-refractivity contribution in [3.05, 3.63) is 35.6 Å². The third kappa shape index (κ3) is 0.979. The van der Waals surface area contributed by atoms with Gasteiger partial charge in [0, 0.05) is 25.3 Å². The van der Waals surface area contributed by atoms with Crippen LogP contribution in [0, 0.1) is 0 Å². The van der Waals surface area contributed by atoms with Crippen LogP contribution in [-0.4, -0.2) is 35.0 Å². The molecular weight excluding hydrogens is 204 g/mol. The van der Waals surface area contributed by atoms with Crippen molar-refractivity contribution in [1.29, 1.82) is 0 Å². The average Bonchev–Trinajstić information content (AvgIpc) is 2.61. The van der Waals surface area contributed by atoms with Gasteiger partial charge in [-0.3, -0.25) is 10.2 Å². The summed E-state index contributed by atoms with van der Waals surface area (Å²) >= 11 is 0. The molecule has 1 spiro atoms. The molecule has 0 aromatic carbocycles. The van der Waals surface area contributed by atoms with E-state index in [2.05, 4.69) is 21.5 Å². The number of hydrogen-bond acceptors (Lipinski definition) is 5. The maximum atomic E-state index is 9.03. The van der Waals surface area contributed by atoms with Crippen LogP contribution < -0.4 is 5.48 Å². The Labute approximate surface area is 93.2 Å². The number of hydrogen-bond donors (Lipinski definition) is 2. The van der Waals surface area contributed by atoms with E-state index in [0.29, 0.717) is 5.96 Å². The second-order valence-corrected chi connectivity index (χ2v) is 3.90. The number of nitrogens with one attached hydrogen (secondary N) is 1. The van der Waals surface area contributed by atoms with Crippen molar-refractivity contribution in [3.63, 3.8) is 0 Å². The highest BCUT2D eigenvalue weighted by molar-refractivity contribution is 5.87. The van der Waals surface area contributed by atoms with Gasteiger partial charge in [0.15, 0.2) is 0 Å². The van der Waals surface area contributed by atoms with E-state index in [4.69, 9.17) is 5.21 Å². The minimum atomic E-state index is -0.674. The molecule has 3 aliphatic rings. The summed E-state index contributed by atoms with van der Waals surface area (Å²) in [6, 6.07) is 0. The summed E-state index contributed by atoms with van der Waals surface area (Å²) in [6.07, 6.45) is 10.7. The molecule has 5 heteroatoms. The first-order valence-electron chi connectivity index (χ1n) is 5.15. The standard InChI is InChI=1S/C11H12N4O/c1-15-9-6-2-4-8-5-3-7-12-11(8,9)13-10(15)14-16/h2,4-7,16H,3H2,1H3,(H,13,14). The van der Waals surface area contributed by atoms with Crippen LogP contribution in [0.25, 0.3) is 0 Å². The lowest BCUT2D eigenvalue weighted by molar-refractivity contribution is 0.222. The smallest absolute Gasteiger partial charge is 0.225 e. The molecule has 2 N–H and O–H groups in total. The SMILES string of the molecule is CN1C2=CC=CC3=CCC=NC32N=C1NO. The Hall–Kier alpha value is -1.88. The lowest BCUT2D eigenvalue weighted by Gasteiger charge is -2.30. The molecule has 0 fully saturated rings. The maximum absolute atomic E-state index is 9.03. The molecule has 0 saturated carbocycles. The van der Waals surface area contributed by atoms with Crippen LogP contribution >= 0.6 is 0 Å². The molecule has 2 aliphatic heterocycles. The predicted molar refractivity (Wildman–Crippen MR) is 61.3 cm³/mol. The molecule has 1 unspecified atom stereocenters. The predicted octanol–water partition coefficient (Wildman–Crippen LogP) is 0.817. The molecule has 1 aliphatic carbocycles. The van der Waals surface area contributed by atoms with Gasteiger partial charge in [-0.05, 0) is 6.08 Å². The Kier molecular flexibility index (Phi) is 1.79. The number of guanidine groups is 1. The van der Waals surface area contributed by atoms with Gasteiger partial charge in [-0.2, -0.15) is 0 Å². The van der Waals surface area contributed by atoms with Crippen molar-refractivity contribution in [2.45, 2.75) is 12.1 Å².